The number of hydrogen-bond donors (Lipinski definition) is 1. The second-order valence-electron chi connectivity index (χ2n) is 4.62. The summed E-state index contributed by atoms with van der Waals surface area (Å²) in [5.41, 5.74) is 0.344. The summed E-state index contributed by atoms with van der Waals surface area (Å²) in [5, 5.41) is 3.03. The van der Waals surface area contributed by atoms with E-state index >= 15 is 0 Å². The number of alkyl halides is 3. The smallest absolute Gasteiger partial charge is 0.404 e. The fraction of sp³-hybridized carbons (Fsp3) is 0.538. The molecule has 0 spiro atoms. The third-order valence-corrected chi connectivity index (χ3v) is 3.58. The maximum atomic E-state index is 12.4. The van der Waals surface area contributed by atoms with Gasteiger partial charge in [0.05, 0.1) is 5.69 Å². The van der Waals surface area contributed by atoms with Crippen LogP contribution in [0.5, 0.6) is 5.75 Å². The van der Waals surface area contributed by atoms with Crippen LogP contribution in [-0.4, -0.2) is 26.1 Å². The zero-order valence-corrected chi connectivity index (χ0v) is 12.3. The molecule has 0 bridgehead atoms. The van der Waals surface area contributed by atoms with Crippen LogP contribution in [0.3, 0.4) is 0 Å². The lowest BCUT2D eigenvalue weighted by Crippen LogP contribution is -2.23. The predicted octanol–water partition coefficient (Wildman–Crippen LogP) is 4.19. The Balaban J connectivity index is 2.02. The van der Waals surface area contributed by atoms with Crippen LogP contribution in [0.15, 0.2) is 22.7 Å². The van der Waals surface area contributed by atoms with E-state index in [1.807, 2.05) is 0 Å². The summed E-state index contributed by atoms with van der Waals surface area (Å²) in [7, 11) is 0. The first-order valence-corrected chi connectivity index (χ1v) is 7.10. The largest absolute Gasteiger partial charge is 0.573 e. The van der Waals surface area contributed by atoms with Crippen molar-refractivity contribution in [3.8, 4) is 5.75 Å². The first-order valence-electron chi connectivity index (χ1n) is 6.31. The van der Waals surface area contributed by atoms with Crippen molar-refractivity contribution in [3.63, 3.8) is 0 Å². The summed E-state index contributed by atoms with van der Waals surface area (Å²) in [6.07, 6.45) is -2.87. The molecule has 0 atom stereocenters. The van der Waals surface area contributed by atoms with E-state index in [0.717, 1.165) is 12.8 Å². The number of halogens is 4. The van der Waals surface area contributed by atoms with E-state index in [2.05, 4.69) is 26.0 Å². The molecule has 1 aliphatic heterocycles. The summed E-state index contributed by atoms with van der Waals surface area (Å²) >= 11 is 3.14. The van der Waals surface area contributed by atoms with Gasteiger partial charge in [0.15, 0.2) is 5.75 Å². The number of benzene rings is 1. The van der Waals surface area contributed by atoms with E-state index < -0.39 is 6.36 Å². The number of rotatable bonds is 4. The average Bonchev–Trinajstić information content (AvgIpc) is 2.37. The number of hydrogen-bond acceptors (Lipinski definition) is 3. The highest BCUT2D eigenvalue weighted by atomic mass is 79.9. The van der Waals surface area contributed by atoms with Gasteiger partial charge in [-0.3, -0.25) is 0 Å². The molecule has 0 aliphatic carbocycles. The molecule has 2 rings (SSSR count). The molecule has 0 radical (unpaired) electrons. The van der Waals surface area contributed by atoms with Gasteiger partial charge in [0, 0.05) is 24.2 Å². The fourth-order valence-corrected chi connectivity index (χ4v) is 2.40. The van der Waals surface area contributed by atoms with Gasteiger partial charge in [-0.2, -0.15) is 0 Å². The molecule has 1 heterocycles. The Morgan fingerprint density at radius 3 is 2.65 bits per heavy atom. The maximum Gasteiger partial charge on any atom is 0.573 e. The molecular weight excluding hydrogens is 339 g/mol. The molecule has 0 unspecified atom stereocenters. The molecule has 1 fully saturated rings. The highest BCUT2D eigenvalue weighted by Gasteiger charge is 2.32. The van der Waals surface area contributed by atoms with E-state index in [4.69, 9.17) is 4.74 Å². The van der Waals surface area contributed by atoms with Crippen LogP contribution < -0.4 is 10.1 Å². The van der Waals surface area contributed by atoms with Crippen molar-refractivity contribution in [2.75, 3.05) is 25.1 Å². The summed E-state index contributed by atoms with van der Waals surface area (Å²) in [6.45, 7) is 2.02. The van der Waals surface area contributed by atoms with Gasteiger partial charge in [0.1, 0.15) is 0 Å². The van der Waals surface area contributed by atoms with Gasteiger partial charge in [-0.15, -0.1) is 13.2 Å². The van der Waals surface area contributed by atoms with Crippen molar-refractivity contribution in [2.24, 2.45) is 5.92 Å². The van der Waals surface area contributed by atoms with Crippen molar-refractivity contribution >= 4 is 21.6 Å². The molecule has 1 N–H and O–H groups in total. The number of nitrogens with one attached hydrogen (secondary N) is 1. The van der Waals surface area contributed by atoms with Crippen LogP contribution in [0.1, 0.15) is 12.8 Å². The van der Waals surface area contributed by atoms with Gasteiger partial charge in [-0.05, 0) is 37.0 Å². The lowest BCUT2D eigenvalue weighted by Gasteiger charge is -2.23. The van der Waals surface area contributed by atoms with E-state index in [0.29, 0.717) is 35.8 Å². The Bertz CT molecular complexity index is 448. The second-order valence-corrected chi connectivity index (χ2v) is 5.54. The molecule has 7 heteroatoms. The van der Waals surface area contributed by atoms with Crippen molar-refractivity contribution in [2.45, 2.75) is 19.2 Å². The molecule has 20 heavy (non-hydrogen) atoms. The van der Waals surface area contributed by atoms with Crippen molar-refractivity contribution < 1.29 is 22.6 Å². The molecular formula is C13H15BrF3NO2. The highest BCUT2D eigenvalue weighted by Crippen LogP contribution is 2.33. The minimum atomic E-state index is -4.70. The third kappa shape index (κ3) is 4.86. The van der Waals surface area contributed by atoms with Crippen LogP contribution in [-0.2, 0) is 4.74 Å². The Morgan fingerprint density at radius 2 is 2.00 bits per heavy atom. The first-order chi connectivity index (χ1) is 9.44. The molecule has 1 aliphatic rings. The van der Waals surface area contributed by atoms with E-state index in [-0.39, 0.29) is 5.75 Å². The normalized spacial score (nSPS) is 17.0. The van der Waals surface area contributed by atoms with Crippen LogP contribution in [0.25, 0.3) is 0 Å². The highest BCUT2D eigenvalue weighted by molar-refractivity contribution is 9.10. The van der Waals surface area contributed by atoms with E-state index in [1.54, 1.807) is 12.1 Å². The van der Waals surface area contributed by atoms with Gasteiger partial charge in [-0.1, -0.05) is 15.9 Å². The van der Waals surface area contributed by atoms with Gasteiger partial charge in [-0.25, -0.2) is 0 Å². The number of ether oxygens (including phenoxy) is 2. The molecule has 0 saturated carbocycles. The molecule has 1 saturated heterocycles. The summed E-state index contributed by atoms with van der Waals surface area (Å²) < 4.78 is 46.9. The van der Waals surface area contributed by atoms with Gasteiger partial charge < -0.3 is 14.8 Å². The lowest BCUT2D eigenvalue weighted by molar-refractivity contribution is -0.274. The number of anilines is 1. The van der Waals surface area contributed by atoms with Crippen LogP contribution in [0.2, 0.25) is 0 Å². The van der Waals surface area contributed by atoms with Gasteiger partial charge in [0.2, 0.25) is 0 Å². The van der Waals surface area contributed by atoms with Crippen LogP contribution >= 0.6 is 15.9 Å². The second kappa shape index (κ2) is 6.67. The van der Waals surface area contributed by atoms with Gasteiger partial charge in [0.25, 0.3) is 0 Å². The molecule has 112 valence electrons. The Morgan fingerprint density at radius 1 is 1.30 bits per heavy atom. The van der Waals surface area contributed by atoms with Crippen molar-refractivity contribution in [1.29, 1.82) is 0 Å². The average molecular weight is 354 g/mol. The monoisotopic (exact) mass is 353 g/mol. The Hall–Kier alpha value is -0.950. The molecule has 1 aromatic carbocycles. The fourth-order valence-electron chi connectivity index (χ4n) is 2.06. The molecule has 0 aromatic heterocycles. The molecule has 0 amide bonds. The standard InChI is InChI=1S/C13H15BrF3NO2/c14-10-1-2-11(12(7-10)20-13(15,16)17)18-8-9-3-5-19-6-4-9/h1-2,7,9,18H,3-6,8H2. The van der Waals surface area contributed by atoms with Crippen LogP contribution in [0.4, 0.5) is 18.9 Å². The SMILES string of the molecule is FC(F)(F)Oc1cc(Br)ccc1NCC1CCOCC1. The van der Waals surface area contributed by atoms with Crippen molar-refractivity contribution in [3.05, 3.63) is 22.7 Å². The Kier molecular flexibility index (Phi) is 5.15. The Labute approximate surface area is 123 Å². The predicted molar refractivity (Wildman–Crippen MR) is 72.9 cm³/mol. The zero-order chi connectivity index (χ0) is 14.6. The van der Waals surface area contributed by atoms with E-state index in [1.165, 1.54) is 6.07 Å². The van der Waals surface area contributed by atoms with Crippen molar-refractivity contribution in [1.82, 2.24) is 0 Å². The minimum absolute atomic E-state index is 0.223. The lowest BCUT2D eigenvalue weighted by atomic mass is 10.0. The zero-order valence-electron chi connectivity index (χ0n) is 10.7. The maximum absolute atomic E-state index is 12.4. The summed E-state index contributed by atoms with van der Waals surface area (Å²) in [4.78, 5) is 0. The molecule has 1 aromatic rings. The van der Waals surface area contributed by atoms with E-state index in [9.17, 15) is 13.2 Å². The van der Waals surface area contributed by atoms with Crippen LogP contribution in [0, 0.1) is 5.92 Å². The quantitative estimate of drug-likeness (QED) is 0.880. The minimum Gasteiger partial charge on any atom is -0.404 e. The third-order valence-electron chi connectivity index (χ3n) is 3.09. The topological polar surface area (TPSA) is 30.5 Å². The summed E-state index contributed by atoms with van der Waals surface area (Å²) in [5.74, 6) is 0.185. The van der Waals surface area contributed by atoms with Gasteiger partial charge >= 0.3 is 6.36 Å². The first kappa shape index (κ1) is 15.4. The summed E-state index contributed by atoms with van der Waals surface area (Å²) in [6, 6.07) is 4.56. The molecule has 3 nitrogen and oxygen atoms in total.